The summed E-state index contributed by atoms with van der Waals surface area (Å²) in [5.41, 5.74) is 3.28. The minimum Gasteiger partial charge on any atom is -0.277 e. The van der Waals surface area contributed by atoms with E-state index in [1.807, 2.05) is 53.9 Å². The van der Waals surface area contributed by atoms with Crippen molar-refractivity contribution < 1.29 is 0 Å². The van der Waals surface area contributed by atoms with Gasteiger partial charge in [-0.1, -0.05) is 24.3 Å². The van der Waals surface area contributed by atoms with Crippen LogP contribution in [0.25, 0.3) is 29.0 Å². The van der Waals surface area contributed by atoms with Gasteiger partial charge < -0.3 is 0 Å². The van der Waals surface area contributed by atoms with Crippen LogP contribution in [0.1, 0.15) is 21.1 Å². The summed E-state index contributed by atoms with van der Waals surface area (Å²) in [4.78, 5) is 11.9. The molecule has 4 rings (SSSR count). The first-order chi connectivity index (χ1) is 11.7. The molecule has 0 amide bonds. The van der Waals surface area contributed by atoms with Crippen LogP contribution in [0.2, 0.25) is 0 Å². The van der Waals surface area contributed by atoms with Crippen LogP contribution in [0, 0.1) is 13.8 Å². The van der Waals surface area contributed by atoms with Crippen LogP contribution in [0.5, 0.6) is 0 Å². The van der Waals surface area contributed by atoms with E-state index in [2.05, 4.69) is 47.7 Å². The number of imidazole rings is 1. The van der Waals surface area contributed by atoms with Gasteiger partial charge in [0, 0.05) is 16.0 Å². The Labute approximate surface area is 144 Å². The number of benzene rings is 1. The lowest BCUT2D eigenvalue weighted by molar-refractivity contribution is 1.01. The third-order valence-corrected chi connectivity index (χ3v) is 4.94. The van der Waals surface area contributed by atoms with Gasteiger partial charge >= 0.3 is 0 Å². The van der Waals surface area contributed by atoms with Crippen molar-refractivity contribution in [3.8, 4) is 5.82 Å². The summed E-state index contributed by atoms with van der Waals surface area (Å²) in [6.07, 6.45) is 6.02. The van der Waals surface area contributed by atoms with Crippen molar-refractivity contribution in [2.24, 2.45) is 0 Å². The molecule has 0 bridgehead atoms. The molecular weight excluding hydrogens is 314 g/mol. The molecule has 0 saturated heterocycles. The number of rotatable bonds is 3. The summed E-state index contributed by atoms with van der Waals surface area (Å²) in [6.45, 7) is 4.29. The molecule has 0 aliphatic carbocycles. The summed E-state index contributed by atoms with van der Waals surface area (Å²) in [6, 6.07) is 16.3. The zero-order valence-electron chi connectivity index (χ0n) is 13.6. The predicted molar refractivity (Wildman–Crippen MR) is 102 cm³/mol. The first-order valence-electron chi connectivity index (χ1n) is 7.86. The molecule has 0 unspecified atom stereocenters. The maximum absolute atomic E-state index is 4.78. The van der Waals surface area contributed by atoms with Gasteiger partial charge in [-0.25, -0.2) is 9.97 Å². The average Bonchev–Trinajstić information content (AvgIpc) is 3.12. The van der Waals surface area contributed by atoms with Gasteiger partial charge in [-0.3, -0.25) is 4.57 Å². The Morgan fingerprint density at radius 1 is 1.00 bits per heavy atom. The molecule has 0 aliphatic rings. The fraction of sp³-hybridized carbons (Fsp3) is 0.100. The Morgan fingerprint density at radius 3 is 2.58 bits per heavy atom. The Hall–Kier alpha value is -2.72. The normalized spacial score (nSPS) is 11.6. The Kier molecular flexibility index (Phi) is 3.75. The number of pyridine rings is 1. The topological polar surface area (TPSA) is 30.7 Å². The van der Waals surface area contributed by atoms with Gasteiger partial charge in [-0.15, -0.1) is 11.3 Å². The standard InChI is InChI=1S/C20H17N3S/c1-14-13-16(15(2)24-14)10-11-20-22-17-7-3-4-8-18(17)23(20)19-9-5-6-12-21-19/h3-13H,1-2H3. The molecule has 0 fully saturated rings. The smallest absolute Gasteiger partial charge is 0.139 e. The summed E-state index contributed by atoms with van der Waals surface area (Å²) >= 11 is 1.82. The summed E-state index contributed by atoms with van der Waals surface area (Å²) in [5, 5.41) is 0. The highest BCUT2D eigenvalue weighted by Crippen LogP contribution is 2.25. The molecule has 0 saturated carbocycles. The van der Waals surface area contributed by atoms with Crippen molar-refractivity contribution in [3.63, 3.8) is 0 Å². The molecule has 3 aromatic heterocycles. The van der Waals surface area contributed by atoms with E-state index in [1.165, 1.54) is 15.3 Å². The maximum atomic E-state index is 4.78. The summed E-state index contributed by atoms with van der Waals surface area (Å²) in [5.74, 6) is 1.77. The van der Waals surface area contributed by atoms with Crippen LogP contribution in [0.3, 0.4) is 0 Å². The largest absolute Gasteiger partial charge is 0.277 e. The number of aryl methyl sites for hydroxylation is 2. The molecule has 0 N–H and O–H groups in total. The van der Waals surface area contributed by atoms with Crippen molar-refractivity contribution in [2.75, 3.05) is 0 Å². The number of hydrogen-bond acceptors (Lipinski definition) is 3. The third kappa shape index (κ3) is 2.65. The van der Waals surface area contributed by atoms with Crippen molar-refractivity contribution in [1.29, 1.82) is 0 Å². The molecule has 24 heavy (non-hydrogen) atoms. The number of hydrogen-bond donors (Lipinski definition) is 0. The number of nitrogens with zero attached hydrogens (tertiary/aromatic N) is 3. The van der Waals surface area contributed by atoms with Crippen molar-refractivity contribution in [2.45, 2.75) is 13.8 Å². The lowest BCUT2D eigenvalue weighted by Crippen LogP contribution is -1.99. The number of para-hydroxylation sites is 2. The average molecular weight is 331 g/mol. The minimum absolute atomic E-state index is 0.879. The van der Waals surface area contributed by atoms with Gasteiger partial charge in [-0.05, 0) is 55.8 Å². The minimum atomic E-state index is 0.879. The van der Waals surface area contributed by atoms with Crippen LogP contribution in [-0.4, -0.2) is 14.5 Å². The highest BCUT2D eigenvalue weighted by atomic mass is 32.1. The first kappa shape index (κ1) is 14.8. The molecule has 118 valence electrons. The molecule has 0 spiro atoms. The predicted octanol–water partition coefficient (Wildman–Crippen LogP) is 5.27. The van der Waals surface area contributed by atoms with E-state index in [9.17, 15) is 0 Å². The van der Waals surface area contributed by atoms with Gasteiger partial charge in [0.05, 0.1) is 11.0 Å². The monoisotopic (exact) mass is 331 g/mol. The molecule has 0 aliphatic heterocycles. The highest BCUT2D eigenvalue weighted by molar-refractivity contribution is 7.12. The molecule has 4 aromatic rings. The zero-order valence-corrected chi connectivity index (χ0v) is 14.4. The molecule has 1 aromatic carbocycles. The summed E-state index contributed by atoms with van der Waals surface area (Å²) in [7, 11) is 0. The van der Waals surface area contributed by atoms with E-state index >= 15 is 0 Å². The first-order valence-corrected chi connectivity index (χ1v) is 8.68. The Morgan fingerprint density at radius 2 is 1.83 bits per heavy atom. The van der Waals surface area contributed by atoms with E-state index in [0.717, 1.165) is 22.7 Å². The Bertz CT molecular complexity index is 1030. The van der Waals surface area contributed by atoms with Gasteiger partial charge in [0.1, 0.15) is 11.6 Å². The molecule has 4 heteroatoms. The summed E-state index contributed by atoms with van der Waals surface area (Å²) < 4.78 is 2.10. The number of fused-ring (bicyclic) bond motifs is 1. The second-order valence-corrected chi connectivity index (χ2v) is 7.14. The molecule has 0 radical (unpaired) electrons. The van der Waals surface area contributed by atoms with Gasteiger partial charge in [0.15, 0.2) is 0 Å². The molecular formula is C20H17N3S. The van der Waals surface area contributed by atoms with E-state index in [4.69, 9.17) is 4.98 Å². The molecule has 3 nitrogen and oxygen atoms in total. The number of aromatic nitrogens is 3. The third-order valence-electron chi connectivity index (χ3n) is 3.96. The van der Waals surface area contributed by atoms with Gasteiger partial charge in [-0.2, -0.15) is 0 Å². The van der Waals surface area contributed by atoms with Crippen molar-refractivity contribution in [1.82, 2.24) is 14.5 Å². The van der Waals surface area contributed by atoms with Crippen LogP contribution in [0.4, 0.5) is 0 Å². The van der Waals surface area contributed by atoms with Gasteiger partial charge in [0.25, 0.3) is 0 Å². The molecule has 3 heterocycles. The lowest BCUT2D eigenvalue weighted by Gasteiger charge is -2.05. The second-order valence-electron chi connectivity index (χ2n) is 5.68. The second kappa shape index (κ2) is 6.06. The van der Waals surface area contributed by atoms with Crippen LogP contribution in [0.15, 0.2) is 54.7 Å². The fourth-order valence-electron chi connectivity index (χ4n) is 2.86. The van der Waals surface area contributed by atoms with E-state index < -0.39 is 0 Å². The highest BCUT2D eigenvalue weighted by Gasteiger charge is 2.11. The SMILES string of the molecule is Cc1cc(C=Cc2nc3ccccc3n2-c2ccccn2)c(C)s1. The van der Waals surface area contributed by atoms with E-state index in [-0.39, 0.29) is 0 Å². The van der Waals surface area contributed by atoms with Crippen LogP contribution < -0.4 is 0 Å². The van der Waals surface area contributed by atoms with Gasteiger partial charge in [0.2, 0.25) is 0 Å². The fourth-order valence-corrected chi connectivity index (χ4v) is 3.78. The van der Waals surface area contributed by atoms with Crippen molar-refractivity contribution >= 4 is 34.5 Å². The Balaban J connectivity index is 1.87. The van der Waals surface area contributed by atoms with Crippen molar-refractivity contribution in [3.05, 3.63) is 75.9 Å². The van der Waals surface area contributed by atoms with Crippen LogP contribution in [-0.2, 0) is 0 Å². The van der Waals surface area contributed by atoms with Crippen LogP contribution >= 0.6 is 11.3 Å². The maximum Gasteiger partial charge on any atom is 0.139 e. The molecule has 0 atom stereocenters. The number of thiophene rings is 1. The quantitative estimate of drug-likeness (QED) is 0.512. The van der Waals surface area contributed by atoms with E-state index in [0.29, 0.717) is 0 Å². The zero-order chi connectivity index (χ0) is 16.5. The van der Waals surface area contributed by atoms with E-state index in [1.54, 1.807) is 0 Å². The lowest BCUT2D eigenvalue weighted by atomic mass is 10.2.